The Bertz CT molecular complexity index is 324. The molecule has 1 saturated carbocycles. The minimum atomic E-state index is -0.410. The van der Waals surface area contributed by atoms with Crippen LogP contribution in [0.1, 0.15) is 30.9 Å². The molecule has 0 spiro atoms. The molecule has 0 heterocycles. The fourth-order valence-electron chi connectivity index (χ4n) is 2.58. The third-order valence-corrected chi connectivity index (χ3v) is 3.07. The Hall–Kier alpha value is -0.820. The van der Waals surface area contributed by atoms with Crippen molar-refractivity contribution in [1.29, 1.82) is 0 Å². The summed E-state index contributed by atoms with van der Waals surface area (Å²) in [4.78, 5) is 0. The molecule has 1 nitrogen and oxygen atoms in total. The molecule has 1 aliphatic carbocycles. The van der Waals surface area contributed by atoms with Crippen LogP contribution in [0.5, 0.6) is 0 Å². The molecular formula is C13H18O. The topological polar surface area (TPSA) is 20.2 Å². The Labute approximate surface area is 85.8 Å². The summed E-state index contributed by atoms with van der Waals surface area (Å²) in [6.45, 7) is 4.29. The Kier molecular flexibility index (Phi) is 2.36. The minimum absolute atomic E-state index is 0.410. The maximum Gasteiger partial charge on any atom is 0.0693 e. The van der Waals surface area contributed by atoms with Crippen LogP contribution < -0.4 is 0 Å². The standard InChI is InChI=1S/C13H18O/c1-10-4-3-5-12(6-10)9-13(14)7-11(2)8-13/h3-6,11,14H,7-9H2,1-2H3. The zero-order valence-electron chi connectivity index (χ0n) is 8.96. The smallest absolute Gasteiger partial charge is 0.0693 e. The summed E-state index contributed by atoms with van der Waals surface area (Å²) < 4.78 is 0. The van der Waals surface area contributed by atoms with E-state index >= 15 is 0 Å². The van der Waals surface area contributed by atoms with Crippen LogP contribution in [0, 0.1) is 12.8 Å². The molecule has 0 atom stereocenters. The summed E-state index contributed by atoms with van der Waals surface area (Å²) in [5, 5.41) is 10.1. The second kappa shape index (κ2) is 3.39. The highest BCUT2D eigenvalue weighted by atomic mass is 16.3. The lowest BCUT2D eigenvalue weighted by atomic mass is 9.69. The van der Waals surface area contributed by atoms with Gasteiger partial charge < -0.3 is 5.11 Å². The molecule has 0 aliphatic heterocycles. The first kappa shape index (κ1) is 9.72. The lowest BCUT2D eigenvalue weighted by Crippen LogP contribution is -2.44. The molecule has 14 heavy (non-hydrogen) atoms. The molecule has 0 unspecified atom stereocenters. The van der Waals surface area contributed by atoms with Gasteiger partial charge in [-0.05, 0) is 31.2 Å². The van der Waals surface area contributed by atoms with Crippen LogP contribution in [0.25, 0.3) is 0 Å². The summed E-state index contributed by atoms with van der Waals surface area (Å²) in [5.41, 5.74) is 2.13. The van der Waals surface area contributed by atoms with E-state index < -0.39 is 5.60 Å². The third-order valence-electron chi connectivity index (χ3n) is 3.07. The molecule has 0 bridgehead atoms. The number of rotatable bonds is 2. The SMILES string of the molecule is Cc1cccc(CC2(O)CC(C)C2)c1. The van der Waals surface area contributed by atoms with Gasteiger partial charge in [0.25, 0.3) is 0 Å². The van der Waals surface area contributed by atoms with E-state index in [1.165, 1.54) is 11.1 Å². The van der Waals surface area contributed by atoms with Crippen molar-refractivity contribution in [3.63, 3.8) is 0 Å². The molecule has 1 aliphatic rings. The Morgan fingerprint density at radius 2 is 2.14 bits per heavy atom. The second-order valence-electron chi connectivity index (χ2n) is 4.90. The van der Waals surface area contributed by atoms with Gasteiger partial charge in [0, 0.05) is 6.42 Å². The quantitative estimate of drug-likeness (QED) is 0.760. The van der Waals surface area contributed by atoms with E-state index in [2.05, 4.69) is 38.1 Å². The fraction of sp³-hybridized carbons (Fsp3) is 0.538. The van der Waals surface area contributed by atoms with E-state index in [9.17, 15) is 5.11 Å². The highest BCUT2D eigenvalue weighted by Crippen LogP contribution is 2.39. The summed E-state index contributed by atoms with van der Waals surface area (Å²) in [6, 6.07) is 8.43. The van der Waals surface area contributed by atoms with Crippen molar-refractivity contribution >= 4 is 0 Å². The Morgan fingerprint density at radius 3 is 2.71 bits per heavy atom. The fourth-order valence-corrected chi connectivity index (χ4v) is 2.58. The van der Waals surface area contributed by atoms with E-state index in [-0.39, 0.29) is 0 Å². The first-order valence-corrected chi connectivity index (χ1v) is 5.35. The highest BCUT2D eigenvalue weighted by Gasteiger charge is 2.39. The van der Waals surface area contributed by atoms with Crippen molar-refractivity contribution in [2.75, 3.05) is 0 Å². The van der Waals surface area contributed by atoms with Crippen LogP contribution in [0.3, 0.4) is 0 Å². The van der Waals surface area contributed by atoms with Crippen LogP contribution in [0.2, 0.25) is 0 Å². The van der Waals surface area contributed by atoms with Gasteiger partial charge in [0.2, 0.25) is 0 Å². The number of hydrogen-bond acceptors (Lipinski definition) is 1. The highest BCUT2D eigenvalue weighted by molar-refractivity contribution is 5.24. The second-order valence-corrected chi connectivity index (χ2v) is 4.90. The molecular weight excluding hydrogens is 172 g/mol. The average molecular weight is 190 g/mol. The van der Waals surface area contributed by atoms with Gasteiger partial charge in [-0.25, -0.2) is 0 Å². The first-order valence-electron chi connectivity index (χ1n) is 5.35. The maximum atomic E-state index is 10.1. The van der Waals surface area contributed by atoms with Crippen LogP contribution in [0.15, 0.2) is 24.3 Å². The predicted molar refractivity (Wildman–Crippen MR) is 58.2 cm³/mol. The number of benzene rings is 1. The molecule has 0 saturated heterocycles. The molecule has 1 aromatic carbocycles. The van der Waals surface area contributed by atoms with Crippen molar-refractivity contribution < 1.29 is 5.11 Å². The van der Waals surface area contributed by atoms with Crippen LogP contribution in [0.4, 0.5) is 0 Å². The lowest BCUT2D eigenvalue weighted by Gasteiger charge is -2.42. The molecule has 1 aromatic rings. The normalized spacial score (nSPS) is 31.2. The zero-order chi connectivity index (χ0) is 10.2. The van der Waals surface area contributed by atoms with Gasteiger partial charge in [0.05, 0.1) is 5.60 Å². The van der Waals surface area contributed by atoms with E-state index in [4.69, 9.17) is 0 Å². The number of hydrogen-bond donors (Lipinski definition) is 1. The Morgan fingerprint density at radius 1 is 1.43 bits per heavy atom. The average Bonchev–Trinajstić information content (AvgIpc) is 2.00. The maximum absolute atomic E-state index is 10.1. The summed E-state index contributed by atoms with van der Waals surface area (Å²) >= 11 is 0. The van der Waals surface area contributed by atoms with Crippen LogP contribution >= 0.6 is 0 Å². The van der Waals surface area contributed by atoms with E-state index in [1.807, 2.05) is 0 Å². The Balaban J connectivity index is 2.04. The van der Waals surface area contributed by atoms with Gasteiger partial charge in [-0.2, -0.15) is 0 Å². The van der Waals surface area contributed by atoms with Gasteiger partial charge in [-0.1, -0.05) is 36.8 Å². The van der Waals surface area contributed by atoms with Crippen molar-refractivity contribution in [2.45, 2.75) is 38.7 Å². The van der Waals surface area contributed by atoms with Gasteiger partial charge >= 0.3 is 0 Å². The molecule has 2 rings (SSSR count). The van der Waals surface area contributed by atoms with Crippen LogP contribution in [-0.4, -0.2) is 10.7 Å². The van der Waals surface area contributed by atoms with Gasteiger partial charge in [-0.3, -0.25) is 0 Å². The predicted octanol–water partition coefficient (Wildman–Crippen LogP) is 2.70. The van der Waals surface area contributed by atoms with Gasteiger partial charge in [-0.15, -0.1) is 0 Å². The molecule has 1 N–H and O–H groups in total. The minimum Gasteiger partial charge on any atom is -0.390 e. The molecule has 76 valence electrons. The van der Waals surface area contributed by atoms with Crippen molar-refractivity contribution in [1.82, 2.24) is 0 Å². The molecule has 1 fully saturated rings. The first-order chi connectivity index (χ1) is 6.57. The molecule has 1 heteroatoms. The molecule has 0 amide bonds. The number of aliphatic hydroxyl groups is 1. The largest absolute Gasteiger partial charge is 0.390 e. The third kappa shape index (κ3) is 1.98. The zero-order valence-corrected chi connectivity index (χ0v) is 8.96. The molecule has 0 radical (unpaired) electrons. The van der Waals surface area contributed by atoms with Crippen LogP contribution in [-0.2, 0) is 6.42 Å². The van der Waals surface area contributed by atoms with Gasteiger partial charge in [0.15, 0.2) is 0 Å². The summed E-state index contributed by atoms with van der Waals surface area (Å²) in [7, 11) is 0. The monoisotopic (exact) mass is 190 g/mol. The van der Waals surface area contributed by atoms with Crippen molar-refractivity contribution in [3.05, 3.63) is 35.4 Å². The molecule has 0 aromatic heterocycles. The van der Waals surface area contributed by atoms with Gasteiger partial charge in [0.1, 0.15) is 0 Å². The van der Waals surface area contributed by atoms with E-state index in [0.29, 0.717) is 5.92 Å². The summed E-state index contributed by atoms with van der Waals surface area (Å²) in [5.74, 6) is 0.699. The summed E-state index contributed by atoms with van der Waals surface area (Å²) in [6.07, 6.45) is 2.74. The van der Waals surface area contributed by atoms with Crippen molar-refractivity contribution in [2.24, 2.45) is 5.92 Å². The number of aryl methyl sites for hydroxylation is 1. The van der Waals surface area contributed by atoms with E-state index in [0.717, 1.165) is 19.3 Å². The van der Waals surface area contributed by atoms with Crippen molar-refractivity contribution in [3.8, 4) is 0 Å². The van der Waals surface area contributed by atoms with E-state index in [1.54, 1.807) is 0 Å². The lowest BCUT2D eigenvalue weighted by molar-refractivity contribution is -0.0665.